The van der Waals surface area contributed by atoms with Crippen LogP contribution >= 0.6 is 0 Å². The van der Waals surface area contributed by atoms with Crippen molar-refractivity contribution < 1.29 is 28.6 Å². The molecule has 0 radical (unpaired) electrons. The molecule has 0 heterocycles. The van der Waals surface area contributed by atoms with Crippen molar-refractivity contribution in [3.05, 3.63) is 41.7 Å². The maximum atomic E-state index is 13.1. The topological polar surface area (TPSA) is 92.7 Å². The Kier molecular flexibility index (Phi) is 4.76. The molecule has 0 saturated carbocycles. The molecular weight excluding hydrogens is 257 g/mol. The van der Waals surface area contributed by atoms with Crippen LogP contribution in [0.3, 0.4) is 0 Å². The van der Waals surface area contributed by atoms with Gasteiger partial charge in [-0.2, -0.15) is 0 Å². The molecule has 0 aliphatic rings. The van der Waals surface area contributed by atoms with Crippen molar-refractivity contribution in [1.82, 2.24) is 0 Å². The van der Waals surface area contributed by atoms with Crippen LogP contribution in [-0.4, -0.2) is 30.1 Å². The molecule has 0 aromatic heterocycles. The number of anilines is 1. The van der Waals surface area contributed by atoms with Gasteiger partial charge in [-0.05, 0) is 18.2 Å². The Morgan fingerprint density at radius 3 is 2.58 bits per heavy atom. The largest absolute Gasteiger partial charge is 0.478 e. The zero-order chi connectivity index (χ0) is 14.4. The molecule has 6 nitrogen and oxygen atoms in total. The fraction of sp³-hybridized carbons (Fsp3) is 0.0833. The van der Waals surface area contributed by atoms with Gasteiger partial charge in [0.05, 0.1) is 18.4 Å². The molecule has 1 amide bonds. The predicted molar refractivity (Wildman–Crippen MR) is 63.1 cm³/mol. The van der Waals surface area contributed by atoms with E-state index in [4.69, 9.17) is 5.11 Å². The molecule has 0 atom stereocenters. The Morgan fingerprint density at radius 2 is 2.00 bits per heavy atom. The smallest absolute Gasteiger partial charge is 0.339 e. The number of carboxylic acid groups (broad SMARTS) is 1. The summed E-state index contributed by atoms with van der Waals surface area (Å²) < 4.78 is 17.5. The third-order valence-corrected chi connectivity index (χ3v) is 2.02. The third kappa shape index (κ3) is 4.23. The second-order valence-corrected chi connectivity index (χ2v) is 3.34. The molecule has 0 spiro atoms. The molecular formula is C12H10FNO5. The van der Waals surface area contributed by atoms with Crippen molar-refractivity contribution >= 4 is 23.5 Å². The number of halogens is 1. The minimum Gasteiger partial charge on any atom is -0.478 e. The van der Waals surface area contributed by atoms with E-state index in [1.54, 1.807) is 0 Å². The predicted octanol–water partition coefficient (Wildman–Crippen LogP) is 1.19. The van der Waals surface area contributed by atoms with Gasteiger partial charge in [-0.25, -0.2) is 14.0 Å². The summed E-state index contributed by atoms with van der Waals surface area (Å²) in [5, 5.41) is 10.5. The first-order valence-corrected chi connectivity index (χ1v) is 5.04. The van der Waals surface area contributed by atoms with Gasteiger partial charge >= 0.3 is 11.9 Å². The highest BCUT2D eigenvalue weighted by Gasteiger charge is 2.14. The van der Waals surface area contributed by atoms with Gasteiger partial charge in [0.1, 0.15) is 5.82 Å². The molecule has 0 aliphatic heterocycles. The molecule has 19 heavy (non-hydrogen) atoms. The van der Waals surface area contributed by atoms with Crippen molar-refractivity contribution in [1.29, 1.82) is 0 Å². The Balaban J connectivity index is 2.99. The number of methoxy groups -OCH3 is 1. The summed E-state index contributed by atoms with van der Waals surface area (Å²) >= 11 is 0. The van der Waals surface area contributed by atoms with E-state index in [0.717, 1.165) is 31.4 Å². The maximum Gasteiger partial charge on any atom is 0.339 e. The fourth-order valence-electron chi connectivity index (χ4n) is 1.23. The monoisotopic (exact) mass is 267 g/mol. The van der Waals surface area contributed by atoms with Crippen LogP contribution in [-0.2, 0) is 14.3 Å². The van der Waals surface area contributed by atoms with Crippen LogP contribution in [0.15, 0.2) is 30.4 Å². The van der Waals surface area contributed by atoms with Gasteiger partial charge < -0.3 is 15.2 Å². The lowest BCUT2D eigenvalue weighted by atomic mass is 10.1. The quantitative estimate of drug-likeness (QED) is 0.631. The number of carbonyl (C=O) groups excluding carboxylic acids is 2. The number of esters is 1. The van der Waals surface area contributed by atoms with Gasteiger partial charge in [0.25, 0.3) is 0 Å². The van der Waals surface area contributed by atoms with Crippen LogP contribution < -0.4 is 5.32 Å². The summed E-state index contributed by atoms with van der Waals surface area (Å²) in [4.78, 5) is 33.0. The van der Waals surface area contributed by atoms with E-state index in [0.29, 0.717) is 6.08 Å². The zero-order valence-electron chi connectivity index (χ0n) is 9.84. The van der Waals surface area contributed by atoms with Gasteiger partial charge in [0.2, 0.25) is 5.91 Å². The number of carboxylic acids is 1. The lowest BCUT2D eigenvalue weighted by Gasteiger charge is -2.08. The standard InChI is InChI=1S/C12H10FNO5/c1-19-12(18)8-3-2-7(13)6-9(8)14-10(15)4-5-11(16)17/h2-6H,1H3,(H,14,15)(H,16,17)/b5-4+. The molecule has 7 heteroatoms. The fourth-order valence-corrected chi connectivity index (χ4v) is 1.23. The normalized spacial score (nSPS) is 10.2. The molecule has 1 aromatic rings. The number of aliphatic carboxylic acids is 1. The van der Waals surface area contributed by atoms with Crippen LogP contribution in [0.25, 0.3) is 0 Å². The first kappa shape index (κ1) is 14.4. The van der Waals surface area contributed by atoms with E-state index < -0.39 is 23.7 Å². The Morgan fingerprint density at radius 1 is 1.32 bits per heavy atom. The number of ether oxygens (including phenoxy) is 1. The van der Waals surface area contributed by atoms with Crippen molar-refractivity contribution in [3.63, 3.8) is 0 Å². The minimum absolute atomic E-state index is 0.0408. The summed E-state index contributed by atoms with van der Waals surface area (Å²) in [7, 11) is 1.14. The highest BCUT2D eigenvalue weighted by Crippen LogP contribution is 2.18. The number of hydrogen-bond acceptors (Lipinski definition) is 4. The van der Waals surface area contributed by atoms with E-state index >= 15 is 0 Å². The van der Waals surface area contributed by atoms with Crippen LogP contribution in [0.2, 0.25) is 0 Å². The van der Waals surface area contributed by atoms with E-state index in [9.17, 15) is 18.8 Å². The second-order valence-electron chi connectivity index (χ2n) is 3.34. The lowest BCUT2D eigenvalue weighted by molar-refractivity contribution is -0.131. The second kappa shape index (κ2) is 6.29. The van der Waals surface area contributed by atoms with Crippen molar-refractivity contribution in [2.75, 3.05) is 12.4 Å². The summed E-state index contributed by atoms with van der Waals surface area (Å²) in [6, 6.07) is 3.12. The Labute approximate surface area is 107 Å². The first-order chi connectivity index (χ1) is 8.93. The highest BCUT2D eigenvalue weighted by atomic mass is 19.1. The highest BCUT2D eigenvalue weighted by molar-refractivity contribution is 6.06. The summed E-state index contributed by atoms with van der Waals surface area (Å²) in [5.74, 6) is -3.52. The number of benzene rings is 1. The number of nitrogens with one attached hydrogen (secondary N) is 1. The Bertz CT molecular complexity index is 553. The molecule has 0 aliphatic carbocycles. The maximum absolute atomic E-state index is 13.1. The van der Waals surface area contributed by atoms with Gasteiger partial charge in [-0.1, -0.05) is 0 Å². The average molecular weight is 267 g/mol. The zero-order valence-corrected chi connectivity index (χ0v) is 9.84. The van der Waals surface area contributed by atoms with Crippen LogP contribution in [0.4, 0.5) is 10.1 Å². The number of hydrogen-bond donors (Lipinski definition) is 2. The van der Waals surface area contributed by atoms with E-state index in [1.165, 1.54) is 0 Å². The van der Waals surface area contributed by atoms with Crippen LogP contribution in [0, 0.1) is 5.82 Å². The summed E-state index contributed by atoms with van der Waals surface area (Å²) in [5.41, 5.74) is -0.145. The molecule has 0 saturated heterocycles. The van der Waals surface area contributed by atoms with Crippen LogP contribution in [0.1, 0.15) is 10.4 Å². The lowest BCUT2D eigenvalue weighted by Crippen LogP contribution is -2.13. The number of carbonyl (C=O) groups is 3. The van der Waals surface area contributed by atoms with E-state index in [1.807, 2.05) is 0 Å². The molecule has 0 unspecified atom stereocenters. The number of rotatable bonds is 4. The van der Waals surface area contributed by atoms with Crippen molar-refractivity contribution in [3.8, 4) is 0 Å². The van der Waals surface area contributed by atoms with Gasteiger partial charge in [-0.15, -0.1) is 0 Å². The Hall–Kier alpha value is -2.70. The summed E-state index contributed by atoms with van der Waals surface area (Å²) in [6.07, 6.45) is 1.36. The first-order valence-electron chi connectivity index (χ1n) is 5.04. The molecule has 1 rings (SSSR count). The van der Waals surface area contributed by atoms with Crippen molar-refractivity contribution in [2.24, 2.45) is 0 Å². The average Bonchev–Trinajstić information content (AvgIpc) is 2.35. The van der Waals surface area contributed by atoms with E-state index in [-0.39, 0.29) is 11.3 Å². The van der Waals surface area contributed by atoms with Crippen LogP contribution in [0.5, 0.6) is 0 Å². The molecule has 1 aromatic carbocycles. The molecule has 2 N–H and O–H groups in total. The number of amides is 1. The van der Waals surface area contributed by atoms with E-state index in [2.05, 4.69) is 10.1 Å². The molecule has 0 bridgehead atoms. The van der Waals surface area contributed by atoms with Gasteiger partial charge in [0.15, 0.2) is 0 Å². The SMILES string of the molecule is COC(=O)c1ccc(F)cc1NC(=O)/C=C/C(=O)O. The summed E-state index contributed by atoms with van der Waals surface area (Å²) in [6.45, 7) is 0. The third-order valence-electron chi connectivity index (χ3n) is 2.02. The van der Waals surface area contributed by atoms with Crippen molar-refractivity contribution in [2.45, 2.75) is 0 Å². The van der Waals surface area contributed by atoms with Gasteiger partial charge in [-0.3, -0.25) is 4.79 Å². The minimum atomic E-state index is -1.30. The van der Waals surface area contributed by atoms with Gasteiger partial charge in [0, 0.05) is 12.2 Å². The molecule has 0 fully saturated rings. The molecule has 100 valence electrons.